The van der Waals surface area contributed by atoms with Crippen molar-refractivity contribution in [2.45, 2.75) is 26.3 Å². The third-order valence-electron chi connectivity index (χ3n) is 3.03. The molecule has 0 N–H and O–H groups in total. The van der Waals surface area contributed by atoms with Crippen LogP contribution in [0.3, 0.4) is 0 Å². The second kappa shape index (κ2) is 5.72. The summed E-state index contributed by atoms with van der Waals surface area (Å²) in [5.74, 6) is 1.71. The van der Waals surface area contributed by atoms with Gasteiger partial charge in [-0.15, -0.1) is 10.2 Å². The minimum Gasteiger partial charge on any atom is -0.337 e. The van der Waals surface area contributed by atoms with Crippen molar-refractivity contribution in [2.75, 3.05) is 0 Å². The van der Waals surface area contributed by atoms with Gasteiger partial charge in [-0.25, -0.2) is 0 Å². The zero-order chi connectivity index (χ0) is 14.8. The molecule has 0 radical (unpaired) electrons. The number of rotatable bonds is 4. The maximum Gasteiger partial charge on any atom is 0.253 e. The fourth-order valence-electron chi connectivity index (χ4n) is 1.78. The molecule has 1 atom stereocenters. The molecule has 3 aromatic rings. The van der Waals surface area contributed by atoms with E-state index >= 15 is 0 Å². The Morgan fingerprint density at radius 2 is 2.05 bits per heavy atom. The first kappa shape index (κ1) is 13.9. The molecule has 1 unspecified atom stereocenters. The van der Waals surface area contributed by atoms with Gasteiger partial charge in [-0.05, 0) is 36.4 Å². The van der Waals surface area contributed by atoms with Crippen molar-refractivity contribution >= 4 is 15.9 Å². The van der Waals surface area contributed by atoms with Crippen molar-refractivity contribution in [3.8, 4) is 11.4 Å². The number of benzene rings is 1. The molecule has 0 aliphatic carbocycles. The van der Waals surface area contributed by atoms with Crippen LogP contribution in [-0.2, 0) is 6.42 Å². The normalized spacial score (nSPS) is 12.5. The molecule has 2 heterocycles. The van der Waals surface area contributed by atoms with Gasteiger partial charge in [0.05, 0.1) is 0 Å². The van der Waals surface area contributed by atoms with Gasteiger partial charge in [0.1, 0.15) is 6.04 Å². The summed E-state index contributed by atoms with van der Waals surface area (Å²) in [5.41, 5.74) is 0.899. The first-order valence-electron chi connectivity index (χ1n) is 6.55. The highest BCUT2D eigenvalue weighted by molar-refractivity contribution is 9.10. The van der Waals surface area contributed by atoms with Gasteiger partial charge in [0.15, 0.2) is 5.82 Å². The lowest BCUT2D eigenvalue weighted by atomic mass is 10.2. The summed E-state index contributed by atoms with van der Waals surface area (Å²) in [4.78, 5) is 5.76. The summed E-state index contributed by atoms with van der Waals surface area (Å²) >= 11 is 3.40. The van der Waals surface area contributed by atoms with Gasteiger partial charge in [-0.3, -0.25) is 0 Å². The van der Waals surface area contributed by atoms with Gasteiger partial charge < -0.3 is 4.52 Å². The summed E-state index contributed by atoms with van der Waals surface area (Å²) < 4.78 is 6.21. The van der Waals surface area contributed by atoms with E-state index in [-0.39, 0.29) is 6.04 Å². The molecule has 0 saturated carbocycles. The zero-order valence-corrected chi connectivity index (χ0v) is 13.1. The number of tetrazole rings is 1. The maximum atomic E-state index is 5.21. The average Bonchev–Trinajstić information content (AvgIpc) is 3.16. The van der Waals surface area contributed by atoms with Crippen molar-refractivity contribution in [2.24, 2.45) is 0 Å². The molecule has 3 rings (SSSR count). The van der Waals surface area contributed by atoms with Crippen molar-refractivity contribution in [1.29, 1.82) is 0 Å². The largest absolute Gasteiger partial charge is 0.337 e. The van der Waals surface area contributed by atoms with Crippen molar-refractivity contribution in [3.05, 3.63) is 40.5 Å². The van der Waals surface area contributed by atoms with Crippen molar-refractivity contribution in [3.63, 3.8) is 0 Å². The Morgan fingerprint density at radius 3 is 2.71 bits per heavy atom. The number of hydrogen-bond acceptors (Lipinski definition) is 6. The highest BCUT2D eigenvalue weighted by Gasteiger charge is 2.19. The molecule has 0 aliphatic heterocycles. The van der Waals surface area contributed by atoms with Crippen LogP contribution in [-0.4, -0.2) is 30.3 Å². The van der Waals surface area contributed by atoms with Crippen molar-refractivity contribution < 1.29 is 4.52 Å². The van der Waals surface area contributed by atoms with Gasteiger partial charge >= 0.3 is 0 Å². The number of aryl methyl sites for hydroxylation is 1. The molecular weight excluding hydrogens is 336 g/mol. The number of halogens is 1. The van der Waals surface area contributed by atoms with Gasteiger partial charge in [-0.2, -0.15) is 9.78 Å². The first-order valence-corrected chi connectivity index (χ1v) is 7.34. The smallest absolute Gasteiger partial charge is 0.253 e. The van der Waals surface area contributed by atoms with E-state index in [1.807, 2.05) is 38.1 Å². The van der Waals surface area contributed by atoms with Gasteiger partial charge in [0, 0.05) is 16.5 Å². The summed E-state index contributed by atoms with van der Waals surface area (Å²) in [5, 5.41) is 16.4. The van der Waals surface area contributed by atoms with E-state index in [4.69, 9.17) is 4.52 Å². The molecule has 0 saturated heterocycles. The van der Waals surface area contributed by atoms with Gasteiger partial charge in [0.2, 0.25) is 5.82 Å². The van der Waals surface area contributed by atoms with E-state index < -0.39 is 0 Å². The quantitative estimate of drug-likeness (QED) is 0.720. The molecule has 21 heavy (non-hydrogen) atoms. The molecule has 2 aromatic heterocycles. The van der Waals surface area contributed by atoms with Crippen LogP contribution < -0.4 is 0 Å². The lowest BCUT2D eigenvalue weighted by Gasteiger charge is -2.02. The van der Waals surface area contributed by atoms with Crippen LogP contribution in [0.25, 0.3) is 11.4 Å². The molecule has 0 bridgehead atoms. The molecule has 0 aliphatic rings. The second-order valence-electron chi connectivity index (χ2n) is 4.52. The van der Waals surface area contributed by atoms with E-state index in [1.54, 1.807) is 0 Å². The van der Waals surface area contributed by atoms with E-state index in [9.17, 15) is 0 Å². The maximum absolute atomic E-state index is 5.21. The van der Waals surface area contributed by atoms with Crippen LogP contribution in [0.2, 0.25) is 0 Å². The number of nitrogens with zero attached hydrogens (tertiary/aromatic N) is 6. The lowest BCUT2D eigenvalue weighted by Crippen LogP contribution is -2.11. The average molecular weight is 349 g/mol. The lowest BCUT2D eigenvalue weighted by molar-refractivity contribution is 0.318. The number of hydrogen-bond donors (Lipinski definition) is 0. The second-order valence-corrected chi connectivity index (χ2v) is 5.43. The summed E-state index contributed by atoms with van der Waals surface area (Å²) in [6.45, 7) is 3.86. The Morgan fingerprint density at radius 1 is 1.29 bits per heavy atom. The Bertz CT molecular complexity index is 735. The Balaban J connectivity index is 1.85. The van der Waals surface area contributed by atoms with Gasteiger partial charge in [-0.1, -0.05) is 28.0 Å². The van der Waals surface area contributed by atoms with Gasteiger partial charge in [0.25, 0.3) is 5.89 Å². The first-order chi connectivity index (χ1) is 10.2. The van der Waals surface area contributed by atoms with E-state index in [0.29, 0.717) is 17.5 Å². The zero-order valence-electron chi connectivity index (χ0n) is 11.6. The van der Waals surface area contributed by atoms with Crippen LogP contribution in [0.1, 0.15) is 31.6 Å². The van der Waals surface area contributed by atoms with E-state index in [0.717, 1.165) is 16.5 Å². The third-order valence-corrected chi connectivity index (χ3v) is 3.56. The van der Waals surface area contributed by atoms with E-state index in [1.165, 1.54) is 4.80 Å². The highest BCUT2D eigenvalue weighted by atomic mass is 79.9. The molecule has 108 valence electrons. The summed E-state index contributed by atoms with van der Waals surface area (Å²) in [7, 11) is 0. The molecule has 0 fully saturated rings. The summed E-state index contributed by atoms with van der Waals surface area (Å²) in [6.07, 6.45) is 0.727. The van der Waals surface area contributed by atoms with Crippen LogP contribution in [0.4, 0.5) is 0 Å². The monoisotopic (exact) mass is 348 g/mol. The standard InChI is InChI=1S/C13H13BrN6O/c1-3-11-15-13(21-18-11)8(2)20-17-12(16-19-20)9-4-6-10(14)7-5-9/h4-8H,3H2,1-2H3. The van der Waals surface area contributed by atoms with Crippen LogP contribution in [0.15, 0.2) is 33.3 Å². The SMILES string of the molecule is CCc1noc(C(C)n2nnc(-c3ccc(Br)cc3)n2)n1. The predicted molar refractivity (Wildman–Crippen MR) is 78.4 cm³/mol. The van der Waals surface area contributed by atoms with E-state index in [2.05, 4.69) is 41.5 Å². The highest BCUT2D eigenvalue weighted by Crippen LogP contribution is 2.19. The topological polar surface area (TPSA) is 82.5 Å². The Kier molecular flexibility index (Phi) is 3.78. The Hall–Kier alpha value is -2.09. The molecular formula is C13H13BrN6O. The predicted octanol–water partition coefficient (Wildman–Crippen LogP) is 2.66. The minimum atomic E-state index is -0.255. The Labute approximate surface area is 129 Å². The van der Waals surface area contributed by atoms with Crippen molar-refractivity contribution in [1.82, 2.24) is 30.3 Å². The molecule has 7 nitrogen and oxygen atoms in total. The molecule has 8 heteroatoms. The van der Waals surface area contributed by atoms with Crippen LogP contribution in [0.5, 0.6) is 0 Å². The molecule has 1 aromatic carbocycles. The summed E-state index contributed by atoms with van der Waals surface area (Å²) in [6, 6.07) is 7.47. The molecule has 0 spiro atoms. The van der Waals surface area contributed by atoms with Crippen LogP contribution >= 0.6 is 15.9 Å². The minimum absolute atomic E-state index is 0.255. The fraction of sp³-hybridized carbons (Fsp3) is 0.308. The fourth-order valence-corrected chi connectivity index (χ4v) is 2.05. The third kappa shape index (κ3) is 2.85. The molecule has 0 amide bonds. The van der Waals surface area contributed by atoms with Crippen LogP contribution in [0, 0.1) is 0 Å². The number of aromatic nitrogens is 6.